The fraction of sp³-hybridized carbons (Fsp3) is 0.143. The number of aryl methyl sites for hydroxylation is 1. The molecule has 2 aromatic heterocycles. The van der Waals surface area contributed by atoms with Gasteiger partial charge in [-0.05, 0) is 36.8 Å². The van der Waals surface area contributed by atoms with E-state index in [9.17, 15) is 0 Å². The van der Waals surface area contributed by atoms with Gasteiger partial charge in [0.15, 0.2) is 5.65 Å². The van der Waals surface area contributed by atoms with Gasteiger partial charge in [-0.2, -0.15) is 0 Å². The van der Waals surface area contributed by atoms with Gasteiger partial charge in [-0.1, -0.05) is 28.1 Å². The first-order valence-corrected chi connectivity index (χ1v) is 6.57. The van der Waals surface area contributed by atoms with Gasteiger partial charge in [-0.15, -0.1) is 0 Å². The normalized spacial score (nSPS) is 11.0. The van der Waals surface area contributed by atoms with Gasteiger partial charge in [-0.25, -0.2) is 9.97 Å². The van der Waals surface area contributed by atoms with Crippen LogP contribution in [0.4, 0.5) is 0 Å². The predicted molar refractivity (Wildman–Crippen MR) is 75.6 cm³/mol. The predicted octanol–water partition coefficient (Wildman–Crippen LogP) is 3.62. The third kappa shape index (κ3) is 2.29. The monoisotopic (exact) mass is 301 g/mol. The Balaban J connectivity index is 1.95. The summed E-state index contributed by atoms with van der Waals surface area (Å²) in [4.78, 5) is 12.2. The van der Waals surface area contributed by atoms with Gasteiger partial charge in [0.05, 0.1) is 5.52 Å². The van der Waals surface area contributed by atoms with Crippen molar-refractivity contribution in [3.63, 3.8) is 0 Å². The standard InChI is InChI=1S/C14H12BrN3/c1-9-5-6-12-14(16-9)18-13(17-12)8-10-3-2-4-11(15)7-10/h2-7H,8H2,1H3,(H,16,17,18). The summed E-state index contributed by atoms with van der Waals surface area (Å²) in [6.45, 7) is 1.97. The Bertz CT molecular complexity index is 703. The molecule has 0 amide bonds. The fourth-order valence-electron chi connectivity index (χ4n) is 1.96. The van der Waals surface area contributed by atoms with Crippen LogP contribution in [0.3, 0.4) is 0 Å². The molecule has 3 nitrogen and oxygen atoms in total. The van der Waals surface area contributed by atoms with Crippen molar-refractivity contribution in [2.45, 2.75) is 13.3 Å². The highest BCUT2D eigenvalue weighted by Gasteiger charge is 2.05. The van der Waals surface area contributed by atoms with Crippen molar-refractivity contribution >= 4 is 27.1 Å². The molecule has 1 N–H and O–H groups in total. The summed E-state index contributed by atoms with van der Waals surface area (Å²) in [7, 11) is 0. The summed E-state index contributed by atoms with van der Waals surface area (Å²) in [6.07, 6.45) is 0.787. The number of fused-ring (bicyclic) bond motifs is 1. The maximum absolute atomic E-state index is 4.52. The molecule has 0 aliphatic rings. The van der Waals surface area contributed by atoms with E-state index in [4.69, 9.17) is 0 Å². The van der Waals surface area contributed by atoms with Crippen molar-refractivity contribution in [2.75, 3.05) is 0 Å². The molecule has 3 rings (SSSR count). The first kappa shape index (κ1) is 11.4. The average molecular weight is 302 g/mol. The molecule has 0 aliphatic heterocycles. The van der Waals surface area contributed by atoms with Gasteiger partial charge >= 0.3 is 0 Å². The third-order valence-corrected chi connectivity index (χ3v) is 3.29. The minimum absolute atomic E-state index is 0.787. The van der Waals surface area contributed by atoms with E-state index in [0.29, 0.717) is 0 Å². The molecule has 4 heteroatoms. The van der Waals surface area contributed by atoms with Gasteiger partial charge in [0.1, 0.15) is 5.82 Å². The van der Waals surface area contributed by atoms with Crippen molar-refractivity contribution in [1.82, 2.24) is 15.0 Å². The molecule has 90 valence electrons. The highest BCUT2D eigenvalue weighted by molar-refractivity contribution is 9.10. The number of hydrogen-bond acceptors (Lipinski definition) is 2. The smallest absolute Gasteiger partial charge is 0.177 e. The summed E-state index contributed by atoms with van der Waals surface area (Å²) in [5.41, 5.74) is 3.99. The first-order valence-electron chi connectivity index (χ1n) is 5.77. The highest BCUT2D eigenvalue weighted by Crippen LogP contribution is 2.16. The zero-order chi connectivity index (χ0) is 12.5. The lowest BCUT2D eigenvalue weighted by molar-refractivity contribution is 1.03. The number of imidazole rings is 1. The number of nitrogens with one attached hydrogen (secondary N) is 1. The number of hydrogen-bond donors (Lipinski definition) is 1. The maximum atomic E-state index is 4.52. The number of aromatic nitrogens is 3. The molecule has 0 atom stereocenters. The molecule has 0 unspecified atom stereocenters. The Morgan fingerprint density at radius 1 is 1.17 bits per heavy atom. The number of nitrogens with zero attached hydrogens (tertiary/aromatic N) is 2. The Morgan fingerprint density at radius 3 is 2.89 bits per heavy atom. The molecule has 1 aromatic carbocycles. The van der Waals surface area contributed by atoms with Crippen LogP contribution in [-0.2, 0) is 6.42 Å². The largest absolute Gasteiger partial charge is 0.340 e. The van der Waals surface area contributed by atoms with E-state index in [1.54, 1.807) is 0 Å². The minimum Gasteiger partial charge on any atom is -0.340 e. The molecule has 2 heterocycles. The van der Waals surface area contributed by atoms with E-state index in [2.05, 4.69) is 43.0 Å². The maximum Gasteiger partial charge on any atom is 0.177 e. The van der Waals surface area contributed by atoms with E-state index in [0.717, 1.165) is 33.6 Å². The molecule has 0 aliphatic carbocycles. The average Bonchev–Trinajstić information content (AvgIpc) is 2.70. The van der Waals surface area contributed by atoms with Crippen LogP contribution in [0, 0.1) is 6.92 Å². The van der Waals surface area contributed by atoms with Crippen molar-refractivity contribution in [2.24, 2.45) is 0 Å². The molecule has 0 fully saturated rings. The molecule has 3 aromatic rings. The van der Waals surface area contributed by atoms with E-state index in [-0.39, 0.29) is 0 Å². The second-order valence-corrected chi connectivity index (χ2v) is 5.23. The number of benzene rings is 1. The lowest BCUT2D eigenvalue weighted by Gasteiger charge is -1.98. The number of aromatic amines is 1. The Morgan fingerprint density at radius 2 is 2.06 bits per heavy atom. The summed E-state index contributed by atoms with van der Waals surface area (Å²) < 4.78 is 1.09. The Kier molecular flexibility index (Phi) is 2.88. The van der Waals surface area contributed by atoms with Crippen LogP contribution < -0.4 is 0 Å². The molecular weight excluding hydrogens is 290 g/mol. The summed E-state index contributed by atoms with van der Waals surface area (Å²) in [5.74, 6) is 0.946. The van der Waals surface area contributed by atoms with Gasteiger partial charge in [0.2, 0.25) is 0 Å². The van der Waals surface area contributed by atoms with E-state index >= 15 is 0 Å². The van der Waals surface area contributed by atoms with Gasteiger partial charge in [0, 0.05) is 16.6 Å². The second kappa shape index (κ2) is 4.53. The Labute approximate surface area is 113 Å². The fourth-order valence-corrected chi connectivity index (χ4v) is 2.41. The molecule has 0 bridgehead atoms. The van der Waals surface area contributed by atoms with Crippen molar-refractivity contribution in [3.8, 4) is 0 Å². The van der Waals surface area contributed by atoms with Crippen LogP contribution in [0.25, 0.3) is 11.2 Å². The van der Waals surface area contributed by atoms with Gasteiger partial charge in [0.25, 0.3) is 0 Å². The first-order chi connectivity index (χ1) is 8.70. The van der Waals surface area contributed by atoms with Crippen molar-refractivity contribution < 1.29 is 0 Å². The summed E-state index contributed by atoms with van der Waals surface area (Å²) in [5, 5.41) is 0. The lowest BCUT2D eigenvalue weighted by atomic mass is 10.1. The van der Waals surface area contributed by atoms with Crippen LogP contribution in [0.5, 0.6) is 0 Å². The number of pyridine rings is 1. The highest BCUT2D eigenvalue weighted by atomic mass is 79.9. The molecular formula is C14H12BrN3. The zero-order valence-corrected chi connectivity index (χ0v) is 11.5. The quantitative estimate of drug-likeness (QED) is 0.785. The molecule has 0 saturated heterocycles. The number of rotatable bonds is 2. The Hall–Kier alpha value is -1.68. The molecule has 0 spiro atoms. The van der Waals surface area contributed by atoms with Crippen LogP contribution in [0.1, 0.15) is 17.1 Å². The second-order valence-electron chi connectivity index (χ2n) is 4.31. The van der Waals surface area contributed by atoms with E-state index in [1.807, 2.05) is 31.2 Å². The topological polar surface area (TPSA) is 41.6 Å². The lowest BCUT2D eigenvalue weighted by Crippen LogP contribution is -1.90. The van der Waals surface area contributed by atoms with Crippen molar-refractivity contribution in [3.05, 3.63) is 58.0 Å². The van der Waals surface area contributed by atoms with Crippen LogP contribution >= 0.6 is 15.9 Å². The van der Waals surface area contributed by atoms with Crippen LogP contribution in [0.2, 0.25) is 0 Å². The van der Waals surface area contributed by atoms with Crippen molar-refractivity contribution in [1.29, 1.82) is 0 Å². The molecule has 0 saturated carbocycles. The zero-order valence-electron chi connectivity index (χ0n) is 9.94. The van der Waals surface area contributed by atoms with Crippen LogP contribution in [0.15, 0.2) is 40.9 Å². The molecule has 18 heavy (non-hydrogen) atoms. The van der Waals surface area contributed by atoms with E-state index < -0.39 is 0 Å². The molecule has 0 radical (unpaired) electrons. The third-order valence-electron chi connectivity index (χ3n) is 2.79. The number of halogens is 1. The van der Waals surface area contributed by atoms with E-state index in [1.165, 1.54) is 5.56 Å². The minimum atomic E-state index is 0.787. The summed E-state index contributed by atoms with van der Waals surface area (Å²) >= 11 is 3.48. The number of H-pyrrole nitrogens is 1. The van der Waals surface area contributed by atoms with Gasteiger partial charge in [-0.3, -0.25) is 0 Å². The SMILES string of the molecule is Cc1ccc2[nH]c(Cc3cccc(Br)c3)nc2n1. The summed E-state index contributed by atoms with van der Waals surface area (Å²) in [6, 6.07) is 12.3. The van der Waals surface area contributed by atoms with Gasteiger partial charge < -0.3 is 4.98 Å². The van der Waals surface area contributed by atoms with Crippen LogP contribution in [-0.4, -0.2) is 15.0 Å².